The molecule has 0 N–H and O–H groups in total. The Kier molecular flexibility index (Phi) is 4.77. The number of halogens is 1. The quantitative estimate of drug-likeness (QED) is 0.448. The fourth-order valence-corrected chi connectivity index (χ4v) is 3.01. The highest BCUT2D eigenvalue weighted by atomic mass is 79.9. The van der Waals surface area contributed by atoms with Crippen LogP contribution in [-0.2, 0) is 11.5 Å². The van der Waals surface area contributed by atoms with E-state index in [-0.39, 0.29) is 0 Å². The van der Waals surface area contributed by atoms with Crippen LogP contribution in [0.1, 0.15) is 10.5 Å². The number of hydrogen-bond donors (Lipinski definition) is 0. The van der Waals surface area contributed by atoms with Gasteiger partial charge in [-0.05, 0) is 34.1 Å². The average Bonchev–Trinajstić information content (AvgIpc) is 2.74. The van der Waals surface area contributed by atoms with Crippen LogP contribution in [-0.4, -0.2) is 30.5 Å². The Hall–Kier alpha value is -0.983. The molecular formula is C14H19BrN2O2Si. The van der Waals surface area contributed by atoms with E-state index < -0.39 is 8.07 Å². The number of fused-ring (bicyclic) bond motifs is 1. The standard InChI is InChI=1S/C14H19BrN2O2Si/c1-20(2,3)7-6-19-10-17-5-4-11-8-12(15)13(9-18)16-14(11)17/h4-5,8-9H,6-7,10H2,1-3H3. The summed E-state index contributed by atoms with van der Waals surface area (Å²) in [6.45, 7) is 8.23. The number of nitrogens with zero attached hydrogens (tertiary/aromatic N) is 2. The van der Waals surface area contributed by atoms with Gasteiger partial charge >= 0.3 is 0 Å². The molecule has 108 valence electrons. The Morgan fingerprint density at radius 3 is 2.85 bits per heavy atom. The maximum Gasteiger partial charge on any atom is 0.169 e. The summed E-state index contributed by atoms with van der Waals surface area (Å²) in [7, 11) is -1.06. The van der Waals surface area contributed by atoms with Crippen LogP contribution < -0.4 is 0 Å². The monoisotopic (exact) mass is 354 g/mol. The van der Waals surface area contributed by atoms with Gasteiger partial charge in [0.2, 0.25) is 0 Å². The minimum Gasteiger partial charge on any atom is -0.361 e. The Labute approximate surface area is 128 Å². The molecule has 2 heterocycles. The fourth-order valence-electron chi connectivity index (χ4n) is 1.83. The maximum absolute atomic E-state index is 10.9. The third kappa shape index (κ3) is 3.77. The molecule has 0 bridgehead atoms. The predicted molar refractivity (Wildman–Crippen MR) is 86.9 cm³/mol. The van der Waals surface area contributed by atoms with Gasteiger partial charge in [-0.1, -0.05) is 19.6 Å². The Balaban J connectivity index is 2.09. The van der Waals surface area contributed by atoms with Crippen LogP contribution in [0.4, 0.5) is 0 Å². The molecule has 0 aliphatic heterocycles. The molecule has 0 amide bonds. The van der Waals surface area contributed by atoms with Crippen LogP contribution in [0.25, 0.3) is 11.0 Å². The van der Waals surface area contributed by atoms with Gasteiger partial charge in [0.25, 0.3) is 0 Å². The van der Waals surface area contributed by atoms with Crippen molar-refractivity contribution in [3.8, 4) is 0 Å². The number of hydrogen-bond acceptors (Lipinski definition) is 3. The largest absolute Gasteiger partial charge is 0.361 e. The zero-order valence-electron chi connectivity index (χ0n) is 12.0. The van der Waals surface area contributed by atoms with Gasteiger partial charge in [0, 0.05) is 30.7 Å². The second kappa shape index (κ2) is 6.20. The summed E-state index contributed by atoms with van der Waals surface area (Å²) in [5.41, 5.74) is 1.20. The van der Waals surface area contributed by atoms with Crippen LogP contribution in [0.2, 0.25) is 25.7 Å². The van der Waals surface area contributed by atoms with E-state index in [1.54, 1.807) is 0 Å². The summed E-state index contributed by atoms with van der Waals surface area (Å²) in [5, 5.41) is 0.997. The highest BCUT2D eigenvalue weighted by molar-refractivity contribution is 9.10. The van der Waals surface area contributed by atoms with E-state index in [2.05, 4.69) is 40.6 Å². The highest BCUT2D eigenvalue weighted by Gasteiger charge is 2.12. The molecule has 0 aliphatic carbocycles. The van der Waals surface area contributed by atoms with Gasteiger partial charge in [0.15, 0.2) is 6.29 Å². The van der Waals surface area contributed by atoms with E-state index in [4.69, 9.17) is 4.74 Å². The Bertz CT molecular complexity index is 619. The first-order valence-corrected chi connectivity index (χ1v) is 11.1. The number of aromatic nitrogens is 2. The topological polar surface area (TPSA) is 44.1 Å². The zero-order valence-corrected chi connectivity index (χ0v) is 14.6. The first-order valence-electron chi connectivity index (χ1n) is 6.59. The number of pyridine rings is 1. The summed E-state index contributed by atoms with van der Waals surface area (Å²) in [6.07, 6.45) is 2.69. The number of rotatable bonds is 6. The molecule has 0 fully saturated rings. The molecule has 0 atom stereocenters. The van der Waals surface area contributed by atoms with E-state index in [1.165, 1.54) is 0 Å². The zero-order chi connectivity index (χ0) is 14.8. The molecule has 2 aromatic heterocycles. The van der Waals surface area contributed by atoms with Gasteiger partial charge in [-0.2, -0.15) is 0 Å². The maximum atomic E-state index is 10.9. The van der Waals surface area contributed by atoms with Gasteiger partial charge < -0.3 is 9.30 Å². The number of carbonyl (C=O) groups is 1. The van der Waals surface area contributed by atoms with Crippen LogP contribution in [0.3, 0.4) is 0 Å². The lowest BCUT2D eigenvalue weighted by molar-refractivity contribution is 0.0898. The minimum atomic E-state index is -1.06. The molecule has 0 spiro atoms. The molecule has 0 radical (unpaired) electrons. The van der Waals surface area contributed by atoms with Crippen molar-refractivity contribution in [2.24, 2.45) is 0 Å². The van der Waals surface area contributed by atoms with Gasteiger partial charge in [0.1, 0.15) is 18.1 Å². The Morgan fingerprint density at radius 1 is 1.45 bits per heavy atom. The number of aldehydes is 1. The molecule has 0 aliphatic rings. The van der Waals surface area contributed by atoms with Gasteiger partial charge in [0.05, 0.1) is 0 Å². The molecule has 0 aromatic carbocycles. The molecule has 2 rings (SSSR count). The predicted octanol–water partition coefficient (Wildman–Crippen LogP) is 3.92. The smallest absolute Gasteiger partial charge is 0.169 e. The Morgan fingerprint density at radius 2 is 2.20 bits per heavy atom. The first-order chi connectivity index (χ1) is 9.40. The average molecular weight is 355 g/mol. The summed E-state index contributed by atoms with van der Waals surface area (Å²) >= 11 is 3.34. The van der Waals surface area contributed by atoms with Crippen molar-refractivity contribution >= 4 is 41.3 Å². The molecular weight excluding hydrogens is 336 g/mol. The van der Waals surface area contributed by atoms with Crippen molar-refractivity contribution in [3.63, 3.8) is 0 Å². The lowest BCUT2D eigenvalue weighted by atomic mass is 10.3. The van der Waals surface area contributed by atoms with Crippen molar-refractivity contribution in [1.29, 1.82) is 0 Å². The van der Waals surface area contributed by atoms with Crippen molar-refractivity contribution in [2.75, 3.05) is 6.61 Å². The van der Waals surface area contributed by atoms with Crippen LogP contribution in [0.15, 0.2) is 22.8 Å². The minimum absolute atomic E-state index is 0.416. The summed E-state index contributed by atoms with van der Waals surface area (Å²) in [6, 6.07) is 5.03. The van der Waals surface area contributed by atoms with Crippen LogP contribution >= 0.6 is 15.9 Å². The fraction of sp³-hybridized carbons (Fsp3) is 0.429. The van der Waals surface area contributed by atoms with E-state index >= 15 is 0 Å². The van der Waals surface area contributed by atoms with Crippen molar-refractivity contribution in [1.82, 2.24) is 9.55 Å². The second-order valence-corrected chi connectivity index (χ2v) is 12.5. The van der Waals surface area contributed by atoms with Crippen LogP contribution in [0, 0.1) is 0 Å². The van der Waals surface area contributed by atoms with E-state index in [1.807, 2.05) is 22.9 Å². The van der Waals surface area contributed by atoms with E-state index in [0.29, 0.717) is 12.4 Å². The third-order valence-electron chi connectivity index (χ3n) is 3.06. The molecule has 6 heteroatoms. The van der Waals surface area contributed by atoms with E-state index in [0.717, 1.165) is 34.4 Å². The molecule has 0 saturated carbocycles. The normalized spacial score (nSPS) is 12.0. The summed E-state index contributed by atoms with van der Waals surface area (Å²) in [5.74, 6) is 0. The second-order valence-electron chi connectivity index (χ2n) is 6.02. The molecule has 0 unspecified atom stereocenters. The van der Waals surface area contributed by atoms with Gasteiger partial charge in [-0.25, -0.2) is 4.98 Å². The number of ether oxygens (including phenoxy) is 1. The van der Waals surface area contributed by atoms with Crippen molar-refractivity contribution in [3.05, 3.63) is 28.5 Å². The van der Waals surface area contributed by atoms with Gasteiger partial charge in [-0.15, -0.1) is 0 Å². The number of carbonyl (C=O) groups excluding carboxylic acids is 1. The lowest BCUT2D eigenvalue weighted by Crippen LogP contribution is -2.22. The van der Waals surface area contributed by atoms with Gasteiger partial charge in [-0.3, -0.25) is 4.79 Å². The summed E-state index contributed by atoms with van der Waals surface area (Å²) in [4.78, 5) is 15.3. The molecule has 4 nitrogen and oxygen atoms in total. The third-order valence-corrected chi connectivity index (χ3v) is 5.40. The SMILES string of the molecule is C[Si](C)(C)CCOCn1ccc2cc(Br)c(C=O)nc21. The molecule has 2 aromatic rings. The first kappa shape index (κ1) is 15.4. The van der Waals surface area contributed by atoms with Crippen molar-refractivity contribution in [2.45, 2.75) is 32.4 Å². The van der Waals surface area contributed by atoms with E-state index in [9.17, 15) is 4.79 Å². The lowest BCUT2D eigenvalue weighted by Gasteiger charge is -2.15. The highest BCUT2D eigenvalue weighted by Crippen LogP contribution is 2.21. The molecule has 20 heavy (non-hydrogen) atoms. The van der Waals surface area contributed by atoms with Crippen molar-refractivity contribution < 1.29 is 9.53 Å². The molecule has 0 saturated heterocycles. The summed E-state index contributed by atoms with van der Waals surface area (Å²) < 4.78 is 8.37. The van der Waals surface area contributed by atoms with Crippen LogP contribution in [0.5, 0.6) is 0 Å².